The first-order valence-corrected chi connectivity index (χ1v) is 12.9. The fourth-order valence-electron chi connectivity index (χ4n) is 4.83. The maximum absolute atomic E-state index is 12.6. The number of carbonyl (C=O) groups is 1. The van der Waals surface area contributed by atoms with Gasteiger partial charge in [-0.2, -0.15) is 0 Å². The van der Waals surface area contributed by atoms with Crippen molar-refractivity contribution in [3.63, 3.8) is 0 Å². The molecule has 2 aromatic carbocycles. The molecule has 0 radical (unpaired) electrons. The van der Waals surface area contributed by atoms with Crippen LogP contribution in [0.3, 0.4) is 0 Å². The van der Waals surface area contributed by atoms with E-state index >= 15 is 0 Å². The Balaban J connectivity index is 0.00000400. The van der Waals surface area contributed by atoms with Gasteiger partial charge in [-0.05, 0) is 29.8 Å². The number of nitrogens with one attached hydrogen (secondary N) is 2. The molecular weight excluding hydrogens is 563 g/mol. The highest BCUT2D eigenvalue weighted by Crippen LogP contribution is 2.39. The van der Waals surface area contributed by atoms with E-state index in [-0.39, 0.29) is 24.8 Å². The molecular formula is C28H42Cl2N2O8. The normalized spacial score (nSPS) is 16.1. The Kier molecular flexibility index (Phi) is 15.7. The highest BCUT2D eigenvalue weighted by Gasteiger charge is 2.23. The molecule has 10 nitrogen and oxygen atoms in total. The van der Waals surface area contributed by atoms with Gasteiger partial charge in [0.2, 0.25) is 11.5 Å². The Morgan fingerprint density at radius 2 is 1.07 bits per heavy atom. The summed E-state index contributed by atoms with van der Waals surface area (Å²) >= 11 is 0. The van der Waals surface area contributed by atoms with Crippen LogP contribution in [0.4, 0.5) is 0 Å². The fraction of sp³-hybridized carbons (Fsp3) is 0.536. The van der Waals surface area contributed by atoms with Gasteiger partial charge in [0.15, 0.2) is 23.0 Å². The molecule has 226 valence electrons. The molecule has 3 rings (SSSR count). The summed E-state index contributed by atoms with van der Waals surface area (Å²) < 4.78 is 37.8. The number of halogens is 2. The molecule has 1 fully saturated rings. The number of benzene rings is 2. The lowest BCUT2D eigenvalue weighted by Gasteiger charge is -2.29. The number of hydrogen-bond acceptors (Lipinski definition) is 8. The number of piperazine rings is 1. The molecule has 2 N–H and O–H groups in total. The van der Waals surface area contributed by atoms with Crippen LogP contribution in [-0.4, -0.2) is 94.5 Å². The molecule has 12 heteroatoms. The van der Waals surface area contributed by atoms with Gasteiger partial charge in [0.1, 0.15) is 26.2 Å². The minimum absolute atomic E-state index is 0. The monoisotopic (exact) mass is 604 g/mol. The third-order valence-corrected chi connectivity index (χ3v) is 6.96. The van der Waals surface area contributed by atoms with Gasteiger partial charge in [-0.15, -0.1) is 0 Å². The van der Waals surface area contributed by atoms with Crippen LogP contribution in [-0.2, 0) is 11.2 Å². The summed E-state index contributed by atoms with van der Waals surface area (Å²) in [6, 6.07) is 7.27. The zero-order chi connectivity index (χ0) is 27.5. The smallest absolute Gasteiger partial charge is 0.338 e. The molecule has 1 saturated heterocycles. The number of quaternary nitrogens is 2. The number of carbonyl (C=O) groups excluding carboxylic acids is 1. The predicted molar refractivity (Wildman–Crippen MR) is 142 cm³/mol. The van der Waals surface area contributed by atoms with Crippen molar-refractivity contribution in [3.05, 3.63) is 35.4 Å². The van der Waals surface area contributed by atoms with E-state index in [2.05, 4.69) is 0 Å². The van der Waals surface area contributed by atoms with Gasteiger partial charge in [0.25, 0.3) is 0 Å². The number of methoxy groups -OCH3 is 6. The minimum Gasteiger partial charge on any atom is -1.00 e. The Hall–Kier alpha value is -2.79. The van der Waals surface area contributed by atoms with Crippen molar-refractivity contribution in [3.8, 4) is 34.5 Å². The van der Waals surface area contributed by atoms with Gasteiger partial charge < -0.3 is 67.8 Å². The zero-order valence-electron chi connectivity index (χ0n) is 24.2. The van der Waals surface area contributed by atoms with Crippen molar-refractivity contribution in [1.29, 1.82) is 0 Å². The highest BCUT2D eigenvalue weighted by molar-refractivity contribution is 5.91. The molecule has 0 aromatic heterocycles. The van der Waals surface area contributed by atoms with Crippen molar-refractivity contribution < 1.29 is 72.6 Å². The molecule has 1 aliphatic heterocycles. The summed E-state index contributed by atoms with van der Waals surface area (Å²) in [5.74, 6) is 2.90. The summed E-state index contributed by atoms with van der Waals surface area (Å²) in [7, 11) is 9.46. The molecule has 2 aromatic rings. The van der Waals surface area contributed by atoms with Crippen molar-refractivity contribution in [2.45, 2.75) is 12.8 Å². The topological polar surface area (TPSA) is 90.6 Å². The quantitative estimate of drug-likeness (QED) is 0.163. The van der Waals surface area contributed by atoms with Gasteiger partial charge >= 0.3 is 5.97 Å². The van der Waals surface area contributed by atoms with E-state index in [1.807, 2.05) is 12.1 Å². The molecule has 0 saturated carbocycles. The Bertz CT molecular complexity index is 1010. The Morgan fingerprint density at radius 3 is 1.50 bits per heavy atom. The molecule has 0 amide bonds. The van der Waals surface area contributed by atoms with Crippen molar-refractivity contribution >= 4 is 5.97 Å². The van der Waals surface area contributed by atoms with Gasteiger partial charge in [0.05, 0.1) is 67.9 Å². The van der Waals surface area contributed by atoms with Crippen LogP contribution in [0, 0.1) is 0 Å². The number of esters is 1. The van der Waals surface area contributed by atoms with E-state index in [0.717, 1.165) is 52.1 Å². The lowest BCUT2D eigenvalue weighted by Crippen LogP contribution is -3.28. The minimum atomic E-state index is -0.402. The molecule has 40 heavy (non-hydrogen) atoms. The SMILES string of the molecule is COc1cc(CC[NH+]2CC[NH+](CCCOC(=O)c3cc(OC)c(OC)c(OC)c3)CC2)cc(OC)c1OC.[Cl-].[Cl-]. The van der Waals surface area contributed by atoms with Gasteiger partial charge in [0, 0.05) is 12.8 Å². The third kappa shape index (κ3) is 9.12. The van der Waals surface area contributed by atoms with E-state index in [9.17, 15) is 4.79 Å². The van der Waals surface area contributed by atoms with Crippen molar-refractivity contribution in [2.24, 2.45) is 0 Å². The zero-order valence-corrected chi connectivity index (χ0v) is 25.7. The summed E-state index contributed by atoms with van der Waals surface area (Å²) in [5.41, 5.74) is 1.55. The standard InChI is InChI=1S/C28H40N2O8.2ClH/c1-32-22-16-20(17-23(33-2)26(22)36-5)8-10-30-13-11-29(12-14-30)9-7-15-38-28(31)21-18-24(34-3)27(37-6)25(19-21)35-4;;/h16-19H,7-15H2,1-6H3;2*1H. The maximum Gasteiger partial charge on any atom is 0.338 e. The molecule has 0 unspecified atom stereocenters. The summed E-state index contributed by atoms with van der Waals surface area (Å²) in [6.07, 6.45) is 1.75. The lowest BCUT2D eigenvalue weighted by molar-refractivity contribution is -1.01. The summed E-state index contributed by atoms with van der Waals surface area (Å²) in [5, 5.41) is 0. The summed E-state index contributed by atoms with van der Waals surface area (Å²) in [6.45, 7) is 6.84. The van der Waals surface area contributed by atoms with Crippen molar-refractivity contribution in [2.75, 3.05) is 88.5 Å². The maximum atomic E-state index is 12.6. The van der Waals surface area contributed by atoms with Crippen molar-refractivity contribution in [1.82, 2.24) is 0 Å². The number of ether oxygens (including phenoxy) is 7. The first-order chi connectivity index (χ1) is 18.5. The van der Waals surface area contributed by atoms with Gasteiger partial charge in [-0.25, -0.2) is 4.79 Å². The molecule has 0 aliphatic carbocycles. The average Bonchev–Trinajstić information content (AvgIpc) is 2.97. The number of hydrogen-bond donors (Lipinski definition) is 2. The highest BCUT2D eigenvalue weighted by atomic mass is 35.5. The van der Waals surface area contributed by atoms with E-state index in [0.29, 0.717) is 46.7 Å². The second-order valence-corrected chi connectivity index (χ2v) is 9.19. The second kappa shape index (κ2) is 17.8. The largest absolute Gasteiger partial charge is 1.00 e. The van der Waals surface area contributed by atoms with Crippen LogP contribution < -0.4 is 63.0 Å². The van der Waals surface area contributed by atoms with Crippen LogP contribution in [0.5, 0.6) is 34.5 Å². The van der Waals surface area contributed by atoms with E-state index in [1.165, 1.54) is 26.9 Å². The summed E-state index contributed by atoms with van der Waals surface area (Å²) in [4.78, 5) is 15.7. The second-order valence-electron chi connectivity index (χ2n) is 9.19. The van der Waals surface area contributed by atoms with Crippen LogP contribution in [0.1, 0.15) is 22.3 Å². The molecule has 0 atom stereocenters. The van der Waals surface area contributed by atoms with Crippen LogP contribution >= 0.6 is 0 Å². The van der Waals surface area contributed by atoms with E-state index < -0.39 is 5.97 Å². The first-order valence-electron chi connectivity index (χ1n) is 12.9. The Morgan fingerprint density at radius 1 is 0.650 bits per heavy atom. The molecule has 1 heterocycles. The van der Waals surface area contributed by atoms with Gasteiger partial charge in [-0.1, -0.05) is 0 Å². The molecule has 0 bridgehead atoms. The number of rotatable bonds is 14. The molecule has 1 aliphatic rings. The van der Waals surface area contributed by atoms with E-state index in [1.54, 1.807) is 43.3 Å². The predicted octanol–water partition coefficient (Wildman–Crippen LogP) is -5.68. The third-order valence-electron chi connectivity index (χ3n) is 6.96. The fourth-order valence-corrected chi connectivity index (χ4v) is 4.83. The average molecular weight is 606 g/mol. The van der Waals surface area contributed by atoms with E-state index in [4.69, 9.17) is 33.2 Å². The van der Waals surface area contributed by atoms with Gasteiger partial charge in [-0.3, -0.25) is 0 Å². The van der Waals surface area contributed by atoms with Crippen LogP contribution in [0.15, 0.2) is 24.3 Å². The Labute approximate surface area is 249 Å². The first kappa shape index (κ1) is 35.2. The van der Waals surface area contributed by atoms with Crippen LogP contribution in [0.2, 0.25) is 0 Å². The lowest BCUT2D eigenvalue weighted by atomic mass is 10.1. The molecule has 0 spiro atoms. The van der Waals surface area contributed by atoms with Crippen LogP contribution in [0.25, 0.3) is 0 Å².